The van der Waals surface area contributed by atoms with Gasteiger partial charge in [-0.15, -0.1) is 0 Å². The van der Waals surface area contributed by atoms with Crippen molar-refractivity contribution in [1.82, 2.24) is 9.21 Å². The van der Waals surface area contributed by atoms with Crippen LogP contribution in [0.2, 0.25) is 0 Å². The highest BCUT2D eigenvalue weighted by Crippen LogP contribution is 2.43. The number of hydrogen-bond acceptors (Lipinski definition) is 8. The SMILES string of the molecule is COP(=O)(O)OC[C@@H](OC(=O)N1CCC2(CC1)CN(S(=O)(=O)c1ccc(F)cc1)CCO2)C(F)(F)F. The van der Waals surface area contributed by atoms with E-state index in [1.54, 1.807) is 0 Å². The molecule has 2 aliphatic heterocycles. The second-order valence-electron chi connectivity index (χ2n) is 8.17. The number of phosphoric acid groups is 1. The zero-order valence-electron chi connectivity index (χ0n) is 19.0. The lowest BCUT2D eigenvalue weighted by atomic mass is 9.90. The van der Waals surface area contributed by atoms with E-state index in [-0.39, 0.29) is 50.5 Å². The Bertz CT molecular complexity index is 1080. The maximum absolute atomic E-state index is 13.2. The van der Waals surface area contributed by atoms with Gasteiger partial charge < -0.3 is 19.3 Å². The van der Waals surface area contributed by atoms with E-state index >= 15 is 0 Å². The number of benzene rings is 1. The van der Waals surface area contributed by atoms with Gasteiger partial charge in [0.25, 0.3) is 0 Å². The van der Waals surface area contributed by atoms with Crippen LogP contribution in [0, 0.1) is 5.82 Å². The van der Waals surface area contributed by atoms with E-state index in [1.165, 1.54) is 4.31 Å². The molecule has 2 heterocycles. The molecule has 0 saturated carbocycles. The third kappa shape index (κ3) is 6.94. The third-order valence-electron chi connectivity index (χ3n) is 5.83. The van der Waals surface area contributed by atoms with Crippen LogP contribution in [-0.2, 0) is 33.1 Å². The van der Waals surface area contributed by atoms with Crippen LogP contribution in [0.1, 0.15) is 12.8 Å². The molecule has 2 fully saturated rings. The topological polar surface area (TPSA) is 132 Å². The lowest BCUT2D eigenvalue weighted by Crippen LogP contribution is -2.58. The number of carbonyl (C=O) groups is 1. The molecular weight excluding hydrogens is 539 g/mol. The van der Waals surface area contributed by atoms with Gasteiger partial charge in [0.1, 0.15) is 12.4 Å². The fraction of sp³-hybridized carbons (Fsp3) is 0.632. The number of halogens is 4. The smallest absolute Gasteiger partial charge is 0.434 e. The summed E-state index contributed by atoms with van der Waals surface area (Å²) in [5.74, 6) is -0.588. The first-order valence-corrected chi connectivity index (χ1v) is 13.6. The molecule has 0 aromatic heterocycles. The van der Waals surface area contributed by atoms with Crippen LogP contribution in [0.5, 0.6) is 0 Å². The Morgan fingerprint density at radius 2 is 1.83 bits per heavy atom. The average molecular weight is 564 g/mol. The van der Waals surface area contributed by atoms with Crippen LogP contribution in [0.15, 0.2) is 29.2 Å². The standard InChI is InChI=1S/C19H25F4N2O9PS/c1-31-35(27,28)33-12-16(19(21,22)23)34-17(26)24-8-6-18(7-9-24)13-25(10-11-32-18)36(29,30)15-4-2-14(20)3-5-15/h2-5,16H,6-13H2,1H3,(H,27,28)/t16-/m1/s1. The summed E-state index contributed by atoms with van der Waals surface area (Å²) in [5.41, 5.74) is -0.976. The van der Waals surface area contributed by atoms with E-state index in [9.17, 15) is 35.3 Å². The van der Waals surface area contributed by atoms with Gasteiger partial charge in [-0.1, -0.05) is 0 Å². The Labute approximate surface area is 204 Å². The van der Waals surface area contributed by atoms with E-state index in [0.29, 0.717) is 0 Å². The zero-order chi connectivity index (χ0) is 26.8. The van der Waals surface area contributed by atoms with Crippen LogP contribution < -0.4 is 0 Å². The van der Waals surface area contributed by atoms with Gasteiger partial charge in [0.05, 0.1) is 17.1 Å². The van der Waals surface area contributed by atoms with Crippen molar-refractivity contribution in [2.24, 2.45) is 0 Å². The van der Waals surface area contributed by atoms with Gasteiger partial charge in [-0.25, -0.2) is 22.2 Å². The molecule has 2 aliphatic rings. The number of nitrogens with zero attached hydrogens (tertiary/aromatic N) is 2. The zero-order valence-corrected chi connectivity index (χ0v) is 20.7. The van der Waals surface area contributed by atoms with Crippen molar-refractivity contribution in [3.63, 3.8) is 0 Å². The first-order chi connectivity index (χ1) is 16.7. The summed E-state index contributed by atoms with van der Waals surface area (Å²) in [4.78, 5) is 22.4. The number of likely N-dealkylation sites (tertiary alicyclic amines) is 1. The van der Waals surface area contributed by atoms with Gasteiger partial charge in [-0.05, 0) is 37.1 Å². The minimum atomic E-state index is -5.08. The normalized spacial score (nSPS) is 21.7. The molecule has 0 aliphatic carbocycles. The summed E-state index contributed by atoms with van der Waals surface area (Å²) >= 11 is 0. The molecule has 1 unspecified atom stereocenters. The number of hydrogen-bond donors (Lipinski definition) is 1. The number of amides is 1. The Hall–Kier alpha value is -1.81. The summed E-state index contributed by atoms with van der Waals surface area (Å²) in [6.07, 6.45) is -9.01. The van der Waals surface area contributed by atoms with Gasteiger partial charge in [0.2, 0.25) is 16.1 Å². The van der Waals surface area contributed by atoms with Crippen molar-refractivity contribution in [1.29, 1.82) is 0 Å². The van der Waals surface area contributed by atoms with E-state index in [4.69, 9.17) is 9.63 Å². The predicted molar refractivity (Wildman–Crippen MR) is 114 cm³/mol. The quantitative estimate of drug-likeness (QED) is 0.392. The van der Waals surface area contributed by atoms with Gasteiger partial charge >= 0.3 is 20.1 Å². The van der Waals surface area contributed by atoms with Gasteiger partial charge in [0, 0.05) is 33.3 Å². The molecular formula is C19H25F4N2O9PS. The minimum Gasteiger partial charge on any atom is -0.434 e. The molecule has 204 valence electrons. The number of alkyl halides is 3. The monoisotopic (exact) mass is 564 g/mol. The Balaban J connectivity index is 1.61. The molecule has 1 spiro atoms. The van der Waals surface area contributed by atoms with Gasteiger partial charge in [-0.3, -0.25) is 9.05 Å². The van der Waals surface area contributed by atoms with Crippen LogP contribution in [0.4, 0.5) is 22.4 Å². The molecule has 1 aromatic carbocycles. The highest BCUT2D eigenvalue weighted by atomic mass is 32.2. The number of carbonyl (C=O) groups excluding carboxylic acids is 1. The van der Waals surface area contributed by atoms with Gasteiger partial charge in [0.15, 0.2) is 0 Å². The molecule has 1 N–H and O–H groups in total. The number of piperidine rings is 1. The van der Waals surface area contributed by atoms with Crippen molar-refractivity contribution in [3.8, 4) is 0 Å². The summed E-state index contributed by atoms with van der Waals surface area (Å²) < 4.78 is 110. The number of morpholine rings is 1. The maximum atomic E-state index is 13.2. The van der Waals surface area contributed by atoms with Crippen LogP contribution in [0.25, 0.3) is 0 Å². The summed E-state index contributed by atoms with van der Waals surface area (Å²) in [6.45, 7) is -1.59. The van der Waals surface area contributed by atoms with Crippen molar-refractivity contribution in [2.75, 3.05) is 46.5 Å². The molecule has 11 nitrogen and oxygen atoms in total. The molecule has 1 amide bonds. The van der Waals surface area contributed by atoms with E-state index in [2.05, 4.69) is 13.8 Å². The number of rotatable bonds is 7. The average Bonchev–Trinajstić information content (AvgIpc) is 2.81. The summed E-state index contributed by atoms with van der Waals surface area (Å²) in [5, 5.41) is 0. The van der Waals surface area contributed by atoms with Crippen LogP contribution in [0.3, 0.4) is 0 Å². The lowest BCUT2D eigenvalue weighted by molar-refractivity contribution is -0.214. The third-order valence-corrected chi connectivity index (χ3v) is 8.62. The second-order valence-corrected chi connectivity index (χ2v) is 11.7. The first kappa shape index (κ1) is 28.8. The molecule has 2 atom stereocenters. The lowest BCUT2D eigenvalue weighted by Gasteiger charge is -2.46. The minimum absolute atomic E-state index is 0.0522. The van der Waals surface area contributed by atoms with E-state index in [0.717, 1.165) is 36.3 Å². The fourth-order valence-electron chi connectivity index (χ4n) is 3.78. The fourth-order valence-corrected chi connectivity index (χ4v) is 5.70. The van der Waals surface area contributed by atoms with Crippen molar-refractivity contribution >= 4 is 23.9 Å². The number of phosphoric ester groups is 1. The maximum Gasteiger partial charge on any atom is 0.472 e. The van der Waals surface area contributed by atoms with E-state index < -0.39 is 54.2 Å². The summed E-state index contributed by atoms with van der Waals surface area (Å²) in [6, 6.07) is 4.35. The van der Waals surface area contributed by atoms with Gasteiger partial charge in [-0.2, -0.15) is 17.5 Å². The summed E-state index contributed by atoms with van der Waals surface area (Å²) in [7, 11) is -7.92. The highest BCUT2D eigenvalue weighted by Gasteiger charge is 2.47. The molecule has 36 heavy (non-hydrogen) atoms. The van der Waals surface area contributed by atoms with Crippen LogP contribution in [-0.4, -0.2) is 93.0 Å². The Kier molecular flexibility index (Phi) is 8.70. The highest BCUT2D eigenvalue weighted by molar-refractivity contribution is 7.89. The molecule has 0 bridgehead atoms. The Morgan fingerprint density at radius 1 is 1.22 bits per heavy atom. The molecule has 17 heteroatoms. The largest absolute Gasteiger partial charge is 0.472 e. The Morgan fingerprint density at radius 3 is 2.39 bits per heavy atom. The number of sulfonamides is 1. The number of ether oxygens (including phenoxy) is 2. The second kappa shape index (κ2) is 10.9. The van der Waals surface area contributed by atoms with Crippen molar-refractivity contribution < 1.29 is 58.8 Å². The molecule has 3 rings (SSSR count). The van der Waals surface area contributed by atoms with Crippen molar-refractivity contribution in [3.05, 3.63) is 30.1 Å². The molecule has 2 saturated heterocycles. The van der Waals surface area contributed by atoms with Crippen LogP contribution >= 0.6 is 7.82 Å². The predicted octanol–water partition coefficient (Wildman–Crippen LogP) is 2.51. The first-order valence-electron chi connectivity index (χ1n) is 10.6. The van der Waals surface area contributed by atoms with Crippen molar-refractivity contribution in [2.45, 2.75) is 35.6 Å². The molecule has 1 aromatic rings. The van der Waals surface area contributed by atoms with E-state index in [1.807, 2.05) is 0 Å². The molecule has 0 radical (unpaired) electrons.